The van der Waals surface area contributed by atoms with E-state index in [4.69, 9.17) is 16.7 Å². The molecule has 5 nitrogen and oxygen atoms in total. The lowest BCUT2D eigenvalue weighted by Crippen LogP contribution is -2.30. The molecule has 0 aliphatic rings. The molecule has 0 atom stereocenters. The number of nitrogens with one attached hydrogen (secondary N) is 2. The van der Waals surface area contributed by atoms with Gasteiger partial charge in [-0.2, -0.15) is 0 Å². The summed E-state index contributed by atoms with van der Waals surface area (Å²) in [6.07, 6.45) is 0.734. The fourth-order valence-corrected chi connectivity index (χ4v) is 2.60. The second-order valence-electron chi connectivity index (χ2n) is 4.21. The number of hydrogen-bond acceptors (Lipinski definition) is 3. The number of carboxylic acid groups (broad SMARTS) is 1. The highest BCUT2D eigenvalue weighted by Crippen LogP contribution is 2.20. The lowest BCUT2D eigenvalue weighted by atomic mass is 10.2. The van der Waals surface area contributed by atoms with Crippen LogP contribution in [0.5, 0.6) is 0 Å². The summed E-state index contributed by atoms with van der Waals surface area (Å²) in [5.74, 6) is -1.15. The predicted octanol–water partition coefficient (Wildman–Crippen LogP) is 3.46. The van der Waals surface area contributed by atoms with Crippen LogP contribution in [0, 0.1) is 0 Å². The number of benzene rings is 1. The van der Waals surface area contributed by atoms with Crippen molar-refractivity contribution in [3.8, 4) is 0 Å². The lowest BCUT2D eigenvalue weighted by Gasteiger charge is -2.10. The molecule has 1 aromatic carbocycles. The molecule has 1 heterocycles. The number of anilines is 1. The number of amides is 2. The molecule has 2 rings (SSSR count). The van der Waals surface area contributed by atoms with Crippen LogP contribution >= 0.6 is 22.9 Å². The van der Waals surface area contributed by atoms with Crippen molar-refractivity contribution < 1.29 is 14.7 Å². The molecule has 0 fully saturated rings. The first-order chi connectivity index (χ1) is 10.1. The molecule has 110 valence electrons. The molecule has 0 bridgehead atoms. The van der Waals surface area contributed by atoms with Gasteiger partial charge in [0, 0.05) is 16.4 Å². The third-order valence-electron chi connectivity index (χ3n) is 2.70. The monoisotopic (exact) mass is 324 g/mol. The minimum Gasteiger partial charge on any atom is -0.478 e. The highest BCUT2D eigenvalue weighted by molar-refractivity contribution is 7.09. The SMILES string of the molecule is O=C(NCCc1cccs1)Nc1ccc(Cl)cc1C(=O)O. The van der Waals surface area contributed by atoms with E-state index < -0.39 is 12.0 Å². The first kappa shape index (κ1) is 15.3. The third kappa shape index (κ3) is 4.47. The number of rotatable bonds is 5. The highest BCUT2D eigenvalue weighted by atomic mass is 35.5. The normalized spacial score (nSPS) is 10.1. The number of thiophene rings is 1. The van der Waals surface area contributed by atoms with E-state index in [1.54, 1.807) is 11.3 Å². The van der Waals surface area contributed by atoms with E-state index in [1.807, 2.05) is 17.5 Å². The van der Waals surface area contributed by atoms with Crippen molar-refractivity contribution >= 4 is 40.6 Å². The van der Waals surface area contributed by atoms with Crippen molar-refractivity contribution in [3.05, 3.63) is 51.2 Å². The van der Waals surface area contributed by atoms with Crippen LogP contribution in [0.3, 0.4) is 0 Å². The molecule has 7 heteroatoms. The van der Waals surface area contributed by atoms with E-state index in [-0.39, 0.29) is 11.3 Å². The number of hydrogen-bond donors (Lipinski definition) is 3. The maximum Gasteiger partial charge on any atom is 0.337 e. The number of carbonyl (C=O) groups excluding carboxylic acids is 1. The molecule has 0 saturated heterocycles. The smallest absolute Gasteiger partial charge is 0.337 e. The van der Waals surface area contributed by atoms with Gasteiger partial charge in [0.05, 0.1) is 11.3 Å². The van der Waals surface area contributed by atoms with Crippen molar-refractivity contribution in [3.63, 3.8) is 0 Å². The molecule has 3 N–H and O–H groups in total. The van der Waals surface area contributed by atoms with Gasteiger partial charge in [0.25, 0.3) is 0 Å². The molecule has 1 aromatic heterocycles. The Bertz CT molecular complexity index is 644. The highest BCUT2D eigenvalue weighted by Gasteiger charge is 2.12. The number of carbonyl (C=O) groups is 2. The van der Waals surface area contributed by atoms with Gasteiger partial charge in [-0.05, 0) is 36.1 Å². The average Bonchev–Trinajstić information content (AvgIpc) is 2.94. The van der Waals surface area contributed by atoms with Crippen LogP contribution in [0.15, 0.2) is 35.7 Å². The molecule has 2 amide bonds. The van der Waals surface area contributed by atoms with Crippen LogP contribution in [0.2, 0.25) is 5.02 Å². The molecule has 0 aliphatic heterocycles. The molecular formula is C14H13ClN2O3S. The zero-order valence-electron chi connectivity index (χ0n) is 10.9. The van der Waals surface area contributed by atoms with Gasteiger partial charge < -0.3 is 15.7 Å². The summed E-state index contributed by atoms with van der Waals surface area (Å²) in [6, 6.07) is 7.78. The van der Waals surface area contributed by atoms with Gasteiger partial charge in [0.2, 0.25) is 0 Å². The quantitative estimate of drug-likeness (QED) is 0.788. The predicted molar refractivity (Wildman–Crippen MR) is 83.5 cm³/mol. The largest absolute Gasteiger partial charge is 0.478 e. The number of aromatic carboxylic acids is 1. The molecule has 21 heavy (non-hydrogen) atoms. The molecule has 0 unspecified atom stereocenters. The maximum atomic E-state index is 11.8. The summed E-state index contributed by atoms with van der Waals surface area (Å²) in [4.78, 5) is 24.0. The Labute approximate surface area is 130 Å². The molecule has 0 radical (unpaired) electrons. The Kier molecular flexibility index (Phi) is 5.19. The standard InChI is InChI=1S/C14H13ClN2O3S/c15-9-3-4-12(11(8-9)13(18)19)17-14(20)16-6-5-10-2-1-7-21-10/h1-4,7-8H,5-6H2,(H,18,19)(H2,16,17,20). The van der Waals surface area contributed by atoms with E-state index in [9.17, 15) is 9.59 Å². The maximum absolute atomic E-state index is 11.8. The molecule has 0 saturated carbocycles. The number of carboxylic acids is 1. The zero-order chi connectivity index (χ0) is 15.2. The van der Waals surface area contributed by atoms with E-state index in [0.29, 0.717) is 11.6 Å². The summed E-state index contributed by atoms with van der Waals surface area (Å²) in [5.41, 5.74) is 0.163. The first-order valence-electron chi connectivity index (χ1n) is 6.16. The van der Waals surface area contributed by atoms with Crippen LogP contribution in [0.25, 0.3) is 0 Å². The van der Waals surface area contributed by atoms with E-state index in [2.05, 4.69) is 10.6 Å². The van der Waals surface area contributed by atoms with Gasteiger partial charge >= 0.3 is 12.0 Å². The fraction of sp³-hybridized carbons (Fsp3) is 0.143. The Balaban J connectivity index is 1.92. The summed E-state index contributed by atoms with van der Waals surface area (Å²) in [7, 11) is 0. The molecule has 2 aromatic rings. The summed E-state index contributed by atoms with van der Waals surface area (Å²) < 4.78 is 0. The van der Waals surface area contributed by atoms with E-state index >= 15 is 0 Å². The van der Waals surface area contributed by atoms with Gasteiger partial charge in [-0.15, -0.1) is 11.3 Å². The average molecular weight is 325 g/mol. The van der Waals surface area contributed by atoms with Crippen molar-refractivity contribution in [1.29, 1.82) is 0 Å². The molecular weight excluding hydrogens is 312 g/mol. The third-order valence-corrected chi connectivity index (χ3v) is 3.87. The van der Waals surface area contributed by atoms with Crippen molar-refractivity contribution in [2.24, 2.45) is 0 Å². The van der Waals surface area contributed by atoms with Crippen molar-refractivity contribution in [2.75, 3.05) is 11.9 Å². The van der Waals surface area contributed by atoms with Gasteiger partial charge in [-0.1, -0.05) is 17.7 Å². The topological polar surface area (TPSA) is 78.4 Å². The molecule has 0 aliphatic carbocycles. The minimum absolute atomic E-state index is 0.0455. The second kappa shape index (κ2) is 7.10. The second-order valence-corrected chi connectivity index (χ2v) is 5.67. The zero-order valence-corrected chi connectivity index (χ0v) is 12.5. The Morgan fingerprint density at radius 3 is 2.76 bits per heavy atom. The summed E-state index contributed by atoms with van der Waals surface area (Å²) in [5, 5.41) is 16.5. The number of halogens is 1. The Morgan fingerprint density at radius 2 is 2.10 bits per heavy atom. The van der Waals surface area contributed by atoms with E-state index in [0.717, 1.165) is 6.42 Å². The molecule has 0 spiro atoms. The van der Waals surface area contributed by atoms with Crippen molar-refractivity contribution in [1.82, 2.24) is 5.32 Å². The summed E-state index contributed by atoms with van der Waals surface area (Å²) in [6.45, 7) is 0.475. The fourth-order valence-electron chi connectivity index (χ4n) is 1.72. The van der Waals surface area contributed by atoms with Gasteiger partial charge in [0.15, 0.2) is 0 Å². The first-order valence-corrected chi connectivity index (χ1v) is 7.42. The lowest BCUT2D eigenvalue weighted by molar-refractivity contribution is 0.0698. The van der Waals surface area contributed by atoms with Gasteiger partial charge in [-0.25, -0.2) is 9.59 Å². The van der Waals surface area contributed by atoms with Crippen LogP contribution < -0.4 is 10.6 Å². The van der Waals surface area contributed by atoms with Crippen molar-refractivity contribution in [2.45, 2.75) is 6.42 Å². The summed E-state index contributed by atoms with van der Waals surface area (Å²) >= 11 is 7.37. The van der Waals surface area contributed by atoms with Crippen LogP contribution in [0.1, 0.15) is 15.2 Å². The van der Waals surface area contributed by atoms with E-state index in [1.165, 1.54) is 23.1 Å². The minimum atomic E-state index is -1.15. The number of urea groups is 1. The van der Waals surface area contributed by atoms with Crippen LogP contribution in [0.4, 0.5) is 10.5 Å². The van der Waals surface area contributed by atoms with Gasteiger partial charge in [-0.3, -0.25) is 0 Å². The van der Waals surface area contributed by atoms with Gasteiger partial charge in [0.1, 0.15) is 0 Å². The van der Waals surface area contributed by atoms with Crippen LogP contribution in [-0.2, 0) is 6.42 Å². The Hall–Kier alpha value is -2.05. The Morgan fingerprint density at radius 1 is 1.29 bits per heavy atom. The van der Waals surface area contributed by atoms with Crippen LogP contribution in [-0.4, -0.2) is 23.7 Å².